The van der Waals surface area contributed by atoms with Crippen molar-refractivity contribution in [3.63, 3.8) is 0 Å². The predicted octanol–water partition coefficient (Wildman–Crippen LogP) is 2.26. The van der Waals surface area contributed by atoms with E-state index in [9.17, 15) is 0 Å². The van der Waals surface area contributed by atoms with Crippen molar-refractivity contribution in [3.8, 4) is 0 Å². The quantitative estimate of drug-likeness (QED) is 0.757. The summed E-state index contributed by atoms with van der Waals surface area (Å²) in [5.41, 5.74) is 6.30. The van der Waals surface area contributed by atoms with E-state index in [-0.39, 0.29) is 4.99 Å². The van der Waals surface area contributed by atoms with Crippen LogP contribution in [0.25, 0.3) is 10.9 Å². The van der Waals surface area contributed by atoms with Gasteiger partial charge in [-0.15, -0.1) is 0 Å². The molecule has 2 aromatic rings. The summed E-state index contributed by atoms with van der Waals surface area (Å²) in [5.74, 6) is 0.650. The van der Waals surface area contributed by atoms with Crippen molar-refractivity contribution >= 4 is 51.1 Å². The number of nitrogens with one attached hydrogen (secondary N) is 1. The predicted molar refractivity (Wildman–Crippen MR) is 74.7 cm³/mol. The molecular formula is C11H9N3S2. The third kappa shape index (κ3) is 2.32. The number of hydrogen-bond acceptors (Lipinski definition) is 3. The topological polar surface area (TPSA) is 50.9 Å². The Kier molecular flexibility index (Phi) is 3.07. The lowest BCUT2D eigenvalue weighted by atomic mass is 10.2. The minimum atomic E-state index is 0.171. The van der Waals surface area contributed by atoms with Crippen molar-refractivity contribution in [1.82, 2.24) is 4.98 Å². The fourth-order valence-electron chi connectivity index (χ4n) is 1.31. The van der Waals surface area contributed by atoms with Crippen LogP contribution in [0.2, 0.25) is 0 Å². The van der Waals surface area contributed by atoms with Crippen LogP contribution in [-0.2, 0) is 0 Å². The first-order valence-electron chi connectivity index (χ1n) is 4.63. The highest BCUT2D eigenvalue weighted by Gasteiger charge is 2.02. The maximum atomic E-state index is 5.40. The number of fused-ring (bicyclic) bond motifs is 1. The molecule has 0 saturated heterocycles. The van der Waals surface area contributed by atoms with Gasteiger partial charge in [0.05, 0.1) is 5.52 Å². The summed E-state index contributed by atoms with van der Waals surface area (Å²) in [6.07, 6.45) is 0. The van der Waals surface area contributed by atoms with Gasteiger partial charge in [0.25, 0.3) is 0 Å². The molecule has 16 heavy (non-hydrogen) atoms. The lowest BCUT2D eigenvalue weighted by molar-refractivity contribution is 1.40. The van der Waals surface area contributed by atoms with Gasteiger partial charge >= 0.3 is 0 Å². The number of aromatic nitrogens is 1. The number of nitrogens with zero attached hydrogens (tertiary/aromatic N) is 1. The van der Waals surface area contributed by atoms with Gasteiger partial charge in [-0.2, -0.15) is 0 Å². The van der Waals surface area contributed by atoms with Crippen molar-refractivity contribution in [2.45, 2.75) is 0 Å². The molecule has 0 aliphatic heterocycles. The molecule has 0 radical (unpaired) electrons. The zero-order chi connectivity index (χ0) is 11.5. The average Bonchev–Trinajstić information content (AvgIpc) is 2.28. The second kappa shape index (κ2) is 4.51. The molecule has 0 atom stereocenters. The first-order valence-corrected chi connectivity index (χ1v) is 5.45. The Morgan fingerprint density at radius 1 is 1.12 bits per heavy atom. The molecule has 80 valence electrons. The second-order valence-electron chi connectivity index (χ2n) is 3.21. The first kappa shape index (κ1) is 10.9. The molecule has 0 amide bonds. The monoisotopic (exact) mass is 247 g/mol. The Bertz CT molecular complexity index is 566. The van der Waals surface area contributed by atoms with Gasteiger partial charge in [-0.05, 0) is 18.2 Å². The van der Waals surface area contributed by atoms with E-state index in [1.807, 2.05) is 36.4 Å². The Balaban J connectivity index is 2.33. The van der Waals surface area contributed by atoms with Gasteiger partial charge in [-0.3, -0.25) is 0 Å². The maximum Gasteiger partial charge on any atom is 0.139 e. The van der Waals surface area contributed by atoms with Gasteiger partial charge < -0.3 is 11.1 Å². The molecule has 0 fully saturated rings. The highest BCUT2D eigenvalue weighted by atomic mass is 32.1. The molecule has 0 saturated carbocycles. The molecule has 3 nitrogen and oxygen atoms in total. The van der Waals surface area contributed by atoms with E-state index in [2.05, 4.69) is 10.3 Å². The normalized spacial score (nSPS) is 10.0. The van der Waals surface area contributed by atoms with E-state index in [4.69, 9.17) is 30.2 Å². The first-order chi connectivity index (χ1) is 7.66. The summed E-state index contributed by atoms with van der Waals surface area (Å²) < 4.78 is 0. The highest BCUT2D eigenvalue weighted by Crippen LogP contribution is 2.14. The number of hydrogen-bond donors (Lipinski definition) is 2. The van der Waals surface area contributed by atoms with Crippen molar-refractivity contribution in [2.75, 3.05) is 5.32 Å². The minimum absolute atomic E-state index is 0.171. The Morgan fingerprint density at radius 2 is 1.88 bits per heavy atom. The van der Waals surface area contributed by atoms with Crippen LogP contribution in [0.1, 0.15) is 0 Å². The summed E-state index contributed by atoms with van der Waals surface area (Å²) in [4.78, 5) is 4.89. The molecule has 1 aromatic heterocycles. The summed E-state index contributed by atoms with van der Waals surface area (Å²) in [6.45, 7) is 0. The van der Waals surface area contributed by atoms with E-state index < -0.39 is 0 Å². The highest BCUT2D eigenvalue weighted by molar-refractivity contribution is 7.89. The molecule has 1 aromatic carbocycles. The van der Waals surface area contributed by atoms with Crippen LogP contribution in [0, 0.1) is 0 Å². The number of nitrogens with two attached hydrogens (primary N) is 1. The van der Waals surface area contributed by atoms with Crippen molar-refractivity contribution in [1.29, 1.82) is 0 Å². The van der Waals surface area contributed by atoms with E-state index in [1.54, 1.807) is 0 Å². The van der Waals surface area contributed by atoms with Crippen molar-refractivity contribution < 1.29 is 0 Å². The average molecular weight is 247 g/mol. The number of thiocarbonyl (C=S) groups is 2. The van der Waals surface area contributed by atoms with Crippen LogP contribution in [0.15, 0.2) is 36.4 Å². The van der Waals surface area contributed by atoms with Crippen LogP contribution in [0.5, 0.6) is 0 Å². The van der Waals surface area contributed by atoms with Gasteiger partial charge in [0.2, 0.25) is 0 Å². The maximum absolute atomic E-state index is 5.40. The molecule has 3 N–H and O–H groups in total. The number of pyridine rings is 1. The van der Waals surface area contributed by atoms with Crippen LogP contribution >= 0.6 is 24.4 Å². The van der Waals surface area contributed by atoms with E-state index in [0.29, 0.717) is 10.8 Å². The largest absolute Gasteiger partial charge is 0.388 e. The number of benzene rings is 1. The van der Waals surface area contributed by atoms with Crippen molar-refractivity contribution in [3.05, 3.63) is 36.4 Å². The van der Waals surface area contributed by atoms with E-state index in [0.717, 1.165) is 10.9 Å². The van der Waals surface area contributed by atoms with Gasteiger partial charge in [-0.1, -0.05) is 42.6 Å². The van der Waals surface area contributed by atoms with Gasteiger partial charge in [0.15, 0.2) is 0 Å². The summed E-state index contributed by atoms with van der Waals surface area (Å²) in [5, 5.41) is 3.97. The zero-order valence-corrected chi connectivity index (χ0v) is 9.94. The molecule has 1 heterocycles. The zero-order valence-electron chi connectivity index (χ0n) is 8.31. The Hall–Kier alpha value is -1.59. The molecule has 5 heteroatoms. The molecule has 0 aliphatic rings. The Morgan fingerprint density at radius 3 is 2.62 bits per heavy atom. The molecule has 0 bridgehead atoms. The van der Waals surface area contributed by atoms with Crippen LogP contribution in [0.4, 0.5) is 5.82 Å². The molecule has 0 aliphatic carbocycles. The summed E-state index contributed by atoms with van der Waals surface area (Å²) in [6, 6.07) is 11.6. The Labute approximate surface area is 104 Å². The number of anilines is 1. The van der Waals surface area contributed by atoms with Crippen LogP contribution in [0.3, 0.4) is 0 Å². The van der Waals surface area contributed by atoms with E-state index in [1.165, 1.54) is 0 Å². The standard InChI is InChI=1S/C11H9N3S2/c12-10(15)11(16)14-9-6-5-7-3-1-2-4-8(7)13-9/h1-6H,(H2,12,15)(H,13,14,16). The van der Waals surface area contributed by atoms with Crippen LogP contribution in [-0.4, -0.2) is 15.0 Å². The second-order valence-corrected chi connectivity index (χ2v) is 4.06. The molecular weight excluding hydrogens is 238 g/mol. The smallest absolute Gasteiger partial charge is 0.139 e. The van der Waals surface area contributed by atoms with Crippen LogP contribution < -0.4 is 11.1 Å². The lowest BCUT2D eigenvalue weighted by Crippen LogP contribution is -2.26. The third-order valence-corrected chi connectivity index (χ3v) is 2.72. The summed E-state index contributed by atoms with van der Waals surface area (Å²) in [7, 11) is 0. The van der Waals surface area contributed by atoms with Gasteiger partial charge in [0.1, 0.15) is 15.8 Å². The van der Waals surface area contributed by atoms with Gasteiger partial charge in [0, 0.05) is 5.39 Å². The number of rotatable bonds is 1. The van der Waals surface area contributed by atoms with E-state index >= 15 is 0 Å². The lowest BCUT2D eigenvalue weighted by Gasteiger charge is -2.06. The minimum Gasteiger partial charge on any atom is -0.388 e. The third-order valence-electron chi connectivity index (χ3n) is 2.06. The SMILES string of the molecule is NC(=S)C(=S)Nc1ccc2ccccc2n1. The molecule has 0 spiro atoms. The van der Waals surface area contributed by atoms with Gasteiger partial charge in [-0.25, -0.2) is 4.98 Å². The van der Waals surface area contributed by atoms with Crippen molar-refractivity contribution in [2.24, 2.45) is 5.73 Å². The molecule has 2 rings (SSSR count). The fourth-order valence-corrected chi connectivity index (χ4v) is 1.47. The summed E-state index contributed by atoms with van der Waals surface area (Å²) >= 11 is 9.72. The molecule has 0 unspecified atom stereocenters. The fraction of sp³-hybridized carbons (Fsp3) is 0. The number of para-hydroxylation sites is 1.